The predicted octanol–water partition coefficient (Wildman–Crippen LogP) is 4.48. The molecule has 1 aliphatic rings. The van der Waals surface area contributed by atoms with Crippen molar-refractivity contribution in [2.45, 2.75) is 6.42 Å². The van der Waals surface area contributed by atoms with Crippen molar-refractivity contribution < 1.29 is 9.59 Å². The van der Waals surface area contributed by atoms with Gasteiger partial charge in [-0.05, 0) is 29.7 Å². The summed E-state index contributed by atoms with van der Waals surface area (Å²) in [5, 5.41) is 5.50. The number of nitrogens with one attached hydrogen (secondary N) is 1. The Morgan fingerprint density at radius 2 is 1.81 bits per heavy atom. The van der Waals surface area contributed by atoms with Crippen LogP contribution in [0.25, 0.3) is 10.8 Å². The van der Waals surface area contributed by atoms with Crippen LogP contribution in [0.5, 0.6) is 0 Å². The summed E-state index contributed by atoms with van der Waals surface area (Å²) in [5.74, 6) is -0.587. The fraction of sp³-hybridized carbons (Fsp3) is 0.143. The topological polar surface area (TPSA) is 49.4 Å². The van der Waals surface area contributed by atoms with Gasteiger partial charge in [0.05, 0.1) is 11.6 Å². The quantitative estimate of drug-likeness (QED) is 0.744. The number of hydrogen-bond donors (Lipinski definition) is 1. The number of amides is 2. The van der Waals surface area contributed by atoms with Crippen LogP contribution in [0.15, 0.2) is 66.7 Å². The van der Waals surface area contributed by atoms with Gasteiger partial charge in [-0.25, -0.2) is 0 Å². The molecule has 26 heavy (non-hydrogen) atoms. The molecule has 0 radical (unpaired) electrons. The van der Waals surface area contributed by atoms with E-state index < -0.39 is 0 Å². The zero-order valence-corrected chi connectivity index (χ0v) is 14.7. The number of rotatable bonds is 3. The Hall–Kier alpha value is -2.85. The zero-order chi connectivity index (χ0) is 18.1. The third kappa shape index (κ3) is 3.16. The molecule has 1 aliphatic heterocycles. The molecule has 1 fully saturated rings. The minimum atomic E-state index is -0.388. The van der Waals surface area contributed by atoms with Crippen LogP contribution >= 0.6 is 11.6 Å². The van der Waals surface area contributed by atoms with Gasteiger partial charge in [0.25, 0.3) is 0 Å². The SMILES string of the molecule is O=C(Nc1cccc(Cl)c1)[C@H]1CC(=O)N(c2cccc3ccccc23)C1. The van der Waals surface area contributed by atoms with Gasteiger partial charge in [-0.3, -0.25) is 9.59 Å². The standard InChI is InChI=1S/C21H17ClN2O2/c22-16-7-4-8-17(12-16)23-21(26)15-11-20(25)24(13-15)19-10-3-6-14-5-1-2-9-18(14)19/h1-10,12,15H,11,13H2,(H,23,26)/t15-/m0/s1. The van der Waals surface area contributed by atoms with Crippen LogP contribution < -0.4 is 10.2 Å². The minimum absolute atomic E-state index is 0.0346. The predicted molar refractivity (Wildman–Crippen MR) is 104 cm³/mol. The molecule has 0 spiro atoms. The molecule has 1 heterocycles. The van der Waals surface area contributed by atoms with Gasteiger partial charge in [-0.2, -0.15) is 0 Å². The molecule has 4 rings (SSSR count). The first-order valence-corrected chi connectivity index (χ1v) is 8.84. The Morgan fingerprint density at radius 1 is 1.04 bits per heavy atom. The summed E-state index contributed by atoms with van der Waals surface area (Å²) in [4.78, 5) is 26.9. The number of anilines is 2. The molecule has 0 aromatic heterocycles. The fourth-order valence-electron chi connectivity index (χ4n) is 3.37. The summed E-state index contributed by atoms with van der Waals surface area (Å²) < 4.78 is 0. The van der Waals surface area contributed by atoms with Crippen LogP contribution in [0.3, 0.4) is 0 Å². The molecule has 1 N–H and O–H groups in total. The lowest BCUT2D eigenvalue weighted by atomic mass is 10.1. The van der Waals surface area contributed by atoms with Gasteiger partial charge in [0.1, 0.15) is 0 Å². The molecule has 1 atom stereocenters. The molecule has 0 bridgehead atoms. The van der Waals surface area contributed by atoms with Crippen molar-refractivity contribution in [1.29, 1.82) is 0 Å². The van der Waals surface area contributed by atoms with Gasteiger partial charge in [-0.15, -0.1) is 0 Å². The first-order chi connectivity index (χ1) is 12.6. The summed E-state index contributed by atoms with van der Waals surface area (Å²) in [5.41, 5.74) is 1.49. The van der Waals surface area contributed by atoms with E-state index in [9.17, 15) is 9.59 Å². The van der Waals surface area contributed by atoms with Crippen LogP contribution in [-0.2, 0) is 9.59 Å². The van der Waals surface area contributed by atoms with Crippen LogP contribution in [0.2, 0.25) is 5.02 Å². The Balaban J connectivity index is 1.56. The Bertz CT molecular complexity index is 997. The van der Waals surface area contributed by atoms with Gasteiger partial charge < -0.3 is 10.2 Å². The highest BCUT2D eigenvalue weighted by Crippen LogP contribution is 2.32. The maximum Gasteiger partial charge on any atom is 0.229 e. The van der Waals surface area contributed by atoms with Crippen molar-refractivity contribution in [3.8, 4) is 0 Å². The van der Waals surface area contributed by atoms with Gasteiger partial charge in [0.15, 0.2) is 0 Å². The van der Waals surface area contributed by atoms with Crippen molar-refractivity contribution in [1.82, 2.24) is 0 Å². The average molecular weight is 365 g/mol. The lowest BCUT2D eigenvalue weighted by molar-refractivity contribution is -0.122. The van der Waals surface area contributed by atoms with E-state index in [4.69, 9.17) is 11.6 Å². The van der Waals surface area contributed by atoms with E-state index >= 15 is 0 Å². The number of fused-ring (bicyclic) bond motifs is 1. The highest BCUT2D eigenvalue weighted by Gasteiger charge is 2.35. The highest BCUT2D eigenvalue weighted by molar-refractivity contribution is 6.30. The molecule has 2 amide bonds. The summed E-state index contributed by atoms with van der Waals surface area (Å²) >= 11 is 5.96. The number of halogens is 1. The van der Waals surface area contributed by atoms with Crippen molar-refractivity contribution in [3.63, 3.8) is 0 Å². The van der Waals surface area contributed by atoms with Crippen molar-refractivity contribution in [3.05, 3.63) is 71.8 Å². The third-order valence-electron chi connectivity index (χ3n) is 4.65. The Kier molecular flexibility index (Phi) is 4.35. The number of carbonyl (C=O) groups is 2. The Morgan fingerprint density at radius 3 is 2.65 bits per heavy atom. The summed E-state index contributed by atoms with van der Waals surface area (Å²) in [6, 6.07) is 20.8. The van der Waals surface area contributed by atoms with Gasteiger partial charge in [0.2, 0.25) is 11.8 Å². The molecule has 3 aromatic rings. The largest absolute Gasteiger partial charge is 0.326 e. The lowest BCUT2D eigenvalue weighted by Crippen LogP contribution is -2.28. The number of benzene rings is 3. The molecule has 0 saturated carbocycles. The van der Waals surface area contributed by atoms with Crippen LogP contribution in [0.4, 0.5) is 11.4 Å². The smallest absolute Gasteiger partial charge is 0.229 e. The molecule has 3 aromatic carbocycles. The second kappa shape index (κ2) is 6.81. The van der Waals surface area contributed by atoms with E-state index in [1.54, 1.807) is 29.2 Å². The first kappa shape index (κ1) is 16.6. The summed E-state index contributed by atoms with van der Waals surface area (Å²) in [7, 11) is 0. The van der Waals surface area contributed by atoms with Crippen LogP contribution in [-0.4, -0.2) is 18.4 Å². The van der Waals surface area contributed by atoms with E-state index in [0.717, 1.165) is 16.5 Å². The Labute approximate surface area is 156 Å². The van der Waals surface area contributed by atoms with Gasteiger partial charge in [0, 0.05) is 29.1 Å². The van der Waals surface area contributed by atoms with E-state index in [0.29, 0.717) is 17.3 Å². The van der Waals surface area contributed by atoms with Gasteiger partial charge >= 0.3 is 0 Å². The van der Waals surface area contributed by atoms with E-state index in [1.165, 1.54) is 0 Å². The minimum Gasteiger partial charge on any atom is -0.326 e. The average Bonchev–Trinajstić information content (AvgIpc) is 3.03. The van der Waals surface area contributed by atoms with Crippen LogP contribution in [0.1, 0.15) is 6.42 Å². The molecule has 0 unspecified atom stereocenters. The van der Waals surface area contributed by atoms with Crippen molar-refractivity contribution in [2.75, 3.05) is 16.8 Å². The monoisotopic (exact) mass is 364 g/mol. The fourth-order valence-corrected chi connectivity index (χ4v) is 3.56. The van der Waals surface area contributed by atoms with E-state index in [1.807, 2.05) is 42.5 Å². The maximum absolute atomic E-state index is 12.6. The summed E-state index contributed by atoms with van der Waals surface area (Å²) in [6.45, 7) is 0.374. The second-order valence-electron chi connectivity index (χ2n) is 6.40. The van der Waals surface area contributed by atoms with Crippen molar-refractivity contribution >= 4 is 45.6 Å². The zero-order valence-electron chi connectivity index (χ0n) is 14.0. The molecule has 1 saturated heterocycles. The normalized spacial score (nSPS) is 16.9. The van der Waals surface area contributed by atoms with Gasteiger partial charge in [-0.1, -0.05) is 54.1 Å². The van der Waals surface area contributed by atoms with Crippen LogP contribution in [0, 0.1) is 5.92 Å². The molecule has 5 heteroatoms. The lowest BCUT2D eigenvalue weighted by Gasteiger charge is -2.19. The highest BCUT2D eigenvalue weighted by atomic mass is 35.5. The number of hydrogen-bond acceptors (Lipinski definition) is 2. The number of carbonyl (C=O) groups excluding carboxylic acids is 2. The third-order valence-corrected chi connectivity index (χ3v) is 4.88. The number of nitrogens with zero attached hydrogens (tertiary/aromatic N) is 1. The van der Waals surface area contributed by atoms with E-state index in [2.05, 4.69) is 5.32 Å². The second-order valence-corrected chi connectivity index (χ2v) is 6.84. The molecular weight excluding hydrogens is 348 g/mol. The summed E-state index contributed by atoms with van der Waals surface area (Å²) in [6.07, 6.45) is 0.204. The molecule has 4 nitrogen and oxygen atoms in total. The molecule has 0 aliphatic carbocycles. The molecule has 130 valence electrons. The molecular formula is C21H17ClN2O2. The van der Waals surface area contributed by atoms with Crippen molar-refractivity contribution in [2.24, 2.45) is 5.92 Å². The maximum atomic E-state index is 12.6. The van der Waals surface area contributed by atoms with E-state index in [-0.39, 0.29) is 24.2 Å². The first-order valence-electron chi connectivity index (χ1n) is 8.46.